The van der Waals surface area contributed by atoms with Gasteiger partial charge >= 0.3 is 0 Å². The summed E-state index contributed by atoms with van der Waals surface area (Å²) in [4.78, 5) is 25.1. The Morgan fingerprint density at radius 2 is 1.70 bits per heavy atom. The third-order valence-corrected chi connectivity index (χ3v) is 5.07. The molecule has 0 bridgehead atoms. The highest BCUT2D eigenvalue weighted by Crippen LogP contribution is 2.23. The van der Waals surface area contributed by atoms with Crippen molar-refractivity contribution in [3.8, 4) is 0 Å². The molecule has 4 nitrogen and oxygen atoms in total. The van der Waals surface area contributed by atoms with Gasteiger partial charge in [0, 0.05) is 11.2 Å². The summed E-state index contributed by atoms with van der Waals surface area (Å²) >= 11 is 23.8. The summed E-state index contributed by atoms with van der Waals surface area (Å²) in [6.45, 7) is 0.279. The van der Waals surface area contributed by atoms with Crippen molar-refractivity contribution < 1.29 is 4.79 Å². The number of hydrogen-bond acceptors (Lipinski definition) is 2. The molecule has 0 radical (unpaired) electrons. The Balaban J connectivity index is 1.85. The monoisotopic (exact) mass is 440 g/mol. The summed E-state index contributed by atoms with van der Waals surface area (Å²) in [5.41, 5.74) is 0.798. The second-order valence-corrected chi connectivity index (χ2v) is 7.34. The number of nitrogens with zero attached hydrogens (tertiary/aromatic N) is 1. The smallest absolute Gasteiger partial charge is 0.274 e. The Morgan fingerprint density at radius 3 is 2.41 bits per heavy atom. The third-order valence-electron chi connectivity index (χ3n) is 3.78. The van der Waals surface area contributed by atoms with Gasteiger partial charge in [0.05, 0.1) is 27.2 Å². The van der Waals surface area contributed by atoms with Gasteiger partial charge in [-0.05, 0) is 48.0 Å². The molecule has 8 heteroatoms. The number of nitrogens with one attached hydrogen (secondary N) is 1. The van der Waals surface area contributed by atoms with Gasteiger partial charge in [0.2, 0.25) is 0 Å². The van der Waals surface area contributed by atoms with Crippen LogP contribution in [0.2, 0.25) is 20.1 Å². The van der Waals surface area contributed by atoms with E-state index in [1.54, 1.807) is 36.5 Å². The van der Waals surface area contributed by atoms with Gasteiger partial charge in [0.15, 0.2) is 0 Å². The van der Waals surface area contributed by atoms with E-state index in [-0.39, 0.29) is 28.4 Å². The first-order chi connectivity index (χ1) is 12.8. The molecule has 1 amide bonds. The summed E-state index contributed by atoms with van der Waals surface area (Å²) < 4.78 is 1.46. The Bertz CT molecular complexity index is 1080. The number of halogens is 4. The van der Waals surface area contributed by atoms with Crippen LogP contribution in [0.4, 0.5) is 5.69 Å². The largest absolute Gasteiger partial charge is 0.317 e. The number of aromatic nitrogens is 1. The van der Waals surface area contributed by atoms with E-state index < -0.39 is 5.91 Å². The molecule has 0 atom stereocenters. The predicted octanol–water partition coefficient (Wildman–Crippen LogP) is 5.76. The molecule has 27 heavy (non-hydrogen) atoms. The highest BCUT2D eigenvalue weighted by molar-refractivity contribution is 6.42. The normalized spacial score (nSPS) is 10.7. The quantitative estimate of drug-likeness (QED) is 0.559. The number of carbonyl (C=O) groups is 1. The minimum absolute atomic E-state index is 0.133. The SMILES string of the molecule is O=C(Nc1cccn(Cc2ccc(Cl)c(Cl)c2)c1=O)c1ccc(Cl)cc1Cl. The molecular weight excluding hydrogens is 430 g/mol. The number of hydrogen-bond donors (Lipinski definition) is 1. The Kier molecular flexibility index (Phi) is 6.12. The molecule has 1 N–H and O–H groups in total. The van der Waals surface area contributed by atoms with Gasteiger partial charge in [-0.15, -0.1) is 0 Å². The Hall–Kier alpha value is -1.98. The van der Waals surface area contributed by atoms with Crippen LogP contribution in [0, 0.1) is 0 Å². The average molecular weight is 442 g/mol. The van der Waals surface area contributed by atoms with E-state index >= 15 is 0 Å². The molecule has 0 aliphatic carbocycles. The minimum atomic E-state index is -0.499. The van der Waals surface area contributed by atoms with E-state index in [4.69, 9.17) is 46.4 Å². The molecule has 3 aromatic rings. The minimum Gasteiger partial charge on any atom is -0.317 e. The van der Waals surface area contributed by atoms with Gasteiger partial charge < -0.3 is 9.88 Å². The molecule has 1 aromatic heterocycles. The summed E-state index contributed by atoms with van der Waals surface area (Å²) in [5.74, 6) is -0.499. The number of anilines is 1. The van der Waals surface area contributed by atoms with Crippen molar-refractivity contribution in [1.29, 1.82) is 0 Å². The zero-order valence-corrected chi connectivity index (χ0v) is 16.7. The van der Waals surface area contributed by atoms with Crippen molar-refractivity contribution in [3.63, 3.8) is 0 Å². The lowest BCUT2D eigenvalue weighted by Gasteiger charge is -2.11. The van der Waals surface area contributed by atoms with Crippen LogP contribution >= 0.6 is 46.4 Å². The highest BCUT2D eigenvalue weighted by atomic mass is 35.5. The molecule has 0 unspecified atom stereocenters. The van der Waals surface area contributed by atoms with Crippen LogP contribution in [0.3, 0.4) is 0 Å². The lowest BCUT2D eigenvalue weighted by Crippen LogP contribution is -2.26. The molecule has 1 heterocycles. The van der Waals surface area contributed by atoms with Crippen molar-refractivity contribution in [1.82, 2.24) is 4.57 Å². The van der Waals surface area contributed by atoms with Crippen molar-refractivity contribution in [2.75, 3.05) is 5.32 Å². The molecule has 0 fully saturated rings. The van der Waals surface area contributed by atoms with Gasteiger partial charge in [0.1, 0.15) is 5.69 Å². The fourth-order valence-corrected chi connectivity index (χ4v) is 3.27. The van der Waals surface area contributed by atoms with Crippen LogP contribution in [0.15, 0.2) is 59.5 Å². The van der Waals surface area contributed by atoms with Crippen molar-refractivity contribution in [2.45, 2.75) is 6.54 Å². The highest BCUT2D eigenvalue weighted by Gasteiger charge is 2.13. The van der Waals surface area contributed by atoms with E-state index in [1.807, 2.05) is 0 Å². The number of rotatable bonds is 4. The second-order valence-electron chi connectivity index (χ2n) is 5.68. The van der Waals surface area contributed by atoms with E-state index in [9.17, 15) is 9.59 Å². The summed E-state index contributed by atoms with van der Waals surface area (Å²) in [7, 11) is 0. The summed E-state index contributed by atoms with van der Waals surface area (Å²) in [6.07, 6.45) is 1.62. The van der Waals surface area contributed by atoms with Gasteiger partial charge in [-0.25, -0.2) is 0 Å². The Morgan fingerprint density at radius 1 is 0.926 bits per heavy atom. The van der Waals surface area contributed by atoms with Crippen LogP contribution in [0.1, 0.15) is 15.9 Å². The van der Waals surface area contributed by atoms with Crippen molar-refractivity contribution >= 4 is 58.0 Å². The van der Waals surface area contributed by atoms with E-state index in [0.717, 1.165) is 5.56 Å². The fourth-order valence-electron chi connectivity index (χ4n) is 2.45. The van der Waals surface area contributed by atoms with Crippen LogP contribution in [0.5, 0.6) is 0 Å². The molecule has 0 aliphatic heterocycles. The van der Waals surface area contributed by atoms with Crippen molar-refractivity contribution in [2.24, 2.45) is 0 Å². The van der Waals surface area contributed by atoms with Gasteiger partial charge in [-0.1, -0.05) is 52.5 Å². The number of amides is 1. The second kappa shape index (κ2) is 8.36. The zero-order chi connectivity index (χ0) is 19.6. The maximum absolute atomic E-state index is 12.7. The van der Waals surface area contributed by atoms with Crippen LogP contribution in [-0.2, 0) is 6.54 Å². The summed E-state index contributed by atoms with van der Waals surface area (Å²) in [5, 5.41) is 4.05. The molecule has 0 spiro atoms. The lowest BCUT2D eigenvalue weighted by molar-refractivity contribution is 0.102. The number of pyridine rings is 1. The van der Waals surface area contributed by atoms with Crippen LogP contribution in [-0.4, -0.2) is 10.5 Å². The first-order valence-corrected chi connectivity index (χ1v) is 9.26. The van der Waals surface area contributed by atoms with Crippen LogP contribution < -0.4 is 10.9 Å². The van der Waals surface area contributed by atoms with E-state index in [2.05, 4.69) is 5.32 Å². The van der Waals surface area contributed by atoms with Gasteiger partial charge in [0.25, 0.3) is 11.5 Å². The molecule has 0 saturated heterocycles. The molecule has 0 aliphatic rings. The zero-order valence-electron chi connectivity index (χ0n) is 13.7. The van der Waals surface area contributed by atoms with E-state index in [0.29, 0.717) is 15.1 Å². The predicted molar refractivity (Wildman–Crippen MR) is 111 cm³/mol. The van der Waals surface area contributed by atoms with Crippen molar-refractivity contribution in [3.05, 3.63) is 96.3 Å². The maximum Gasteiger partial charge on any atom is 0.274 e. The first-order valence-electron chi connectivity index (χ1n) is 7.75. The van der Waals surface area contributed by atoms with Crippen LogP contribution in [0.25, 0.3) is 0 Å². The topological polar surface area (TPSA) is 51.1 Å². The molecule has 0 saturated carbocycles. The molecular formula is C19H12Cl4N2O2. The van der Waals surface area contributed by atoms with Gasteiger partial charge in [-0.2, -0.15) is 0 Å². The summed E-state index contributed by atoms with van der Waals surface area (Å²) in [6, 6.07) is 12.8. The average Bonchev–Trinajstić information content (AvgIpc) is 2.61. The number of carbonyl (C=O) groups excluding carboxylic acids is 1. The van der Waals surface area contributed by atoms with E-state index in [1.165, 1.54) is 22.8 Å². The Labute approximate surface area is 175 Å². The van der Waals surface area contributed by atoms with Gasteiger partial charge in [-0.3, -0.25) is 9.59 Å². The molecule has 2 aromatic carbocycles. The fraction of sp³-hybridized carbons (Fsp3) is 0.0526. The number of benzene rings is 2. The first kappa shape index (κ1) is 19.8. The third kappa shape index (κ3) is 4.66. The standard InChI is InChI=1S/C19H12Cl4N2O2/c20-12-4-5-13(15(22)9-12)18(26)24-17-2-1-7-25(19(17)27)10-11-3-6-14(21)16(23)8-11/h1-9H,10H2,(H,24,26). The molecule has 3 rings (SSSR count). The molecule has 138 valence electrons. The lowest BCUT2D eigenvalue weighted by atomic mass is 10.2. The maximum atomic E-state index is 12.7.